The van der Waals surface area contributed by atoms with Crippen molar-refractivity contribution >= 4 is 16.9 Å². The molecule has 1 fully saturated rings. The number of hydrogen-bond donors (Lipinski definition) is 1. The number of ether oxygens (including phenoxy) is 2. The van der Waals surface area contributed by atoms with Crippen LogP contribution in [-0.4, -0.2) is 41.3 Å². The Bertz CT molecular complexity index is 1020. The van der Waals surface area contributed by atoms with Crippen LogP contribution >= 0.6 is 0 Å². The van der Waals surface area contributed by atoms with E-state index in [1.54, 1.807) is 0 Å². The number of para-hydroxylation sites is 2. The van der Waals surface area contributed by atoms with Crippen molar-refractivity contribution in [2.24, 2.45) is 0 Å². The van der Waals surface area contributed by atoms with Gasteiger partial charge in [0.25, 0.3) is 0 Å². The maximum Gasteiger partial charge on any atom is 0.249 e. The molecule has 1 aliphatic rings. The van der Waals surface area contributed by atoms with Gasteiger partial charge >= 0.3 is 0 Å². The second-order valence-corrected chi connectivity index (χ2v) is 7.81. The predicted octanol–water partition coefficient (Wildman–Crippen LogP) is 3.57. The van der Waals surface area contributed by atoms with Gasteiger partial charge in [0.2, 0.25) is 5.91 Å². The fourth-order valence-electron chi connectivity index (χ4n) is 3.82. The zero-order valence-corrected chi connectivity index (χ0v) is 17.7. The number of imidazole rings is 1. The third-order valence-electron chi connectivity index (χ3n) is 5.67. The molecule has 30 heavy (non-hydrogen) atoms. The number of aromatic nitrogens is 2. The fourth-order valence-corrected chi connectivity index (χ4v) is 3.82. The second-order valence-electron chi connectivity index (χ2n) is 7.81. The molecule has 1 amide bonds. The van der Waals surface area contributed by atoms with Gasteiger partial charge in [0.1, 0.15) is 24.3 Å². The summed E-state index contributed by atoms with van der Waals surface area (Å²) < 4.78 is 13.6. The van der Waals surface area contributed by atoms with E-state index in [-0.39, 0.29) is 12.0 Å². The number of aryl methyl sites for hydroxylation is 2. The molecule has 1 aliphatic heterocycles. The highest BCUT2D eigenvalue weighted by Gasteiger charge is 2.23. The molecule has 0 saturated carbocycles. The van der Waals surface area contributed by atoms with Crippen LogP contribution in [0, 0.1) is 13.8 Å². The Morgan fingerprint density at radius 3 is 2.90 bits per heavy atom. The van der Waals surface area contributed by atoms with E-state index in [0.29, 0.717) is 32.7 Å². The van der Waals surface area contributed by atoms with Crippen molar-refractivity contribution in [1.29, 1.82) is 0 Å². The SMILES string of the molecule is Cc1ccc(OCCn2c(CCNC(=O)C3CCCO3)nc3ccccc32)cc1C. The molecule has 4 rings (SSSR count). The Labute approximate surface area is 177 Å². The number of benzene rings is 2. The Morgan fingerprint density at radius 2 is 2.10 bits per heavy atom. The van der Waals surface area contributed by atoms with Gasteiger partial charge in [-0.2, -0.15) is 0 Å². The van der Waals surface area contributed by atoms with Crippen LogP contribution in [-0.2, 0) is 22.5 Å². The van der Waals surface area contributed by atoms with E-state index in [9.17, 15) is 4.79 Å². The lowest BCUT2D eigenvalue weighted by Gasteiger charge is -2.13. The fraction of sp³-hybridized carbons (Fsp3) is 0.417. The van der Waals surface area contributed by atoms with Crippen LogP contribution in [0.4, 0.5) is 0 Å². The Balaban J connectivity index is 1.40. The zero-order valence-electron chi connectivity index (χ0n) is 17.7. The van der Waals surface area contributed by atoms with E-state index in [2.05, 4.69) is 41.9 Å². The average molecular weight is 408 g/mol. The van der Waals surface area contributed by atoms with Gasteiger partial charge < -0.3 is 19.4 Å². The van der Waals surface area contributed by atoms with Gasteiger partial charge in [-0.25, -0.2) is 4.98 Å². The van der Waals surface area contributed by atoms with E-state index < -0.39 is 0 Å². The summed E-state index contributed by atoms with van der Waals surface area (Å²) in [6.07, 6.45) is 2.13. The molecule has 0 aliphatic carbocycles. The maximum atomic E-state index is 12.2. The molecule has 1 aromatic heterocycles. The normalized spacial score (nSPS) is 16.1. The first-order valence-electron chi connectivity index (χ1n) is 10.7. The first-order valence-corrected chi connectivity index (χ1v) is 10.7. The zero-order chi connectivity index (χ0) is 20.9. The molecule has 0 bridgehead atoms. The monoisotopic (exact) mass is 407 g/mol. The molecule has 1 atom stereocenters. The van der Waals surface area contributed by atoms with Gasteiger partial charge in [0, 0.05) is 19.6 Å². The van der Waals surface area contributed by atoms with Crippen LogP contribution in [0.5, 0.6) is 5.75 Å². The summed E-state index contributed by atoms with van der Waals surface area (Å²) in [5.74, 6) is 1.81. The van der Waals surface area contributed by atoms with Gasteiger partial charge in [-0.05, 0) is 62.1 Å². The first-order chi connectivity index (χ1) is 14.6. The largest absolute Gasteiger partial charge is 0.492 e. The number of hydrogen-bond acceptors (Lipinski definition) is 4. The van der Waals surface area contributed by atoms with Crippen molar-refractivity contribution < 1.29 is 14.3 Å². The Morgan fingerprint density at radius 1 is 1.23 bits per heavy atom. The van der Waals surface area contributed by atoms with E-state index >= 15 is 0 Å². The number of carbonyl (C=O) groups excluding carboxylic acids is 1. The third-order valence-corrected chi connectivity index (χ3v) is 5.67. The quantitative estimate of drug-likeness (QED) is 0.620. The van der Waals surface area contributed by atoms with E-state index in [4.69, 9.17) is 14.5 Å². The smallest absolute Gasteiger partial charge is 0.249 e. The Hall–Kier alpha value is -2.86. The number of fused-ring (bicyclic) bond motifs is 1. The summed E-state index contributed by atoms with van der Waals surface area (Å²) in [4.78, 5) is 17.0. The van der Waals surface area contributed by atoms with Crippen molar-refractivity contribution in [2.45, 2.75) is 45.8 Å². The molecule has 6 heteroatoms. The third kappa shape index (κ3) is 4.65. The summed E-state index contributed by atoms with van der Waals surface area (Å²) >= 11 is 0. The van der Waals surface area contributed by atoms with Gasteiger partial charge in [-0.1, -0.05) is 18.2 Å². The van der Waals surface area contributed by atoms with Gasteiger partial charge in [0.05, 0.1) is 17.6 Å². The lowest BCUT2D eigenvalue weighted by molar-refractivity contribution is -0.130. The van der Waals surface area contributed by atoms with Crippen LogP contribution in [0.2, 0.25) is 0 Å². The minimum atomic E-state index is -0.296. The number of carbonyl (C=O) groups is 1. The molecule has 2 aromatic carbocycles. The highest BCUT2D eigenvalue weighted by molar-refractivity contribution is 5.81. The van der Waals surface area contributed by atoms with Crippen LogP contribution in [0.1, 0.15) is 29.8 Å². The van der Waals surface area contributed by atoms with Crippen molar-refractivity contribution in [3.63, 3.8) is 0 Å². The summed E-state index contributed by atoms with van der Waals surface area (Å²) in [7, 11) is 0. The highest BCUT2D eigenvalue weighted by Crippen LogP contribution is 2.19. The van der Waals surface area contributed by atoms with Crippen molar-refractivity contribution in [3.05, 3.63) is 59.4 Å². The molecule has 2 heterocycles. The van der Waals surface area contributed by atoms with E-state index in [1.165, 1.54) is 11.1 Å². The molecule has 158 valence electrons. The molecular formula is C24H29N3O3. The summed E-state index contributed by atoms with van der Waals surface area (Å²) in [6, 6.07) is 14.3. The first kappa shape index (κ1) is 20.4. The van der Waals surface area contributed by atoms with Crippen molar-refractivity contribution in [3.8, 4) is 5.75 Å². The maximum absolute atomic E-state index is 12.2. The molecular weight excluding hydrogens is 378 g/mol. The summed E-state index contributed by atoms with van der Waals surface area (Å²) in [5, 5.41) is 2.99. The molecule has 0 spiro atoms. The van der Waals surface area contributed by atoms with Crippen LogP contribution in [0.15, 0.2) is 42.5 Å². The topological polar surface area (TPSA) is 65.4 Å². The van der Waals surface area contributed by atoms with Crippen LogP contribution in [0.3, 0.4) is 0 Å². The molecule has 0 radical (unpaired) electrons. The van der Waals surface area contributed by atoms with Crippen LogP contribution in [0.25, 0.3) is 11.0 Å². The summed E-state index contributed by atoms with van der Waals surface area (Å²) in [5.41, 5.74) is 4.53. The molecule has 1 unspecified atom stereocenters. The van der Waals surface area contributed by atoms with Gasteiger partial charge in [0.15, 0.2) is 0 Å². The minimum absolute atomic E-state index is 0.0202. The molecule has 6 nitrogen and oxygen atoms in total. The number of nitrogens with one attached hydrogen (secondary N) is 1. The second kappa shape index (κ2) is 9.30. The van der Waals surface area contributed by atoms with Crippen molar-refractivity contribution in [2.75, 3.05) is 19.8 Å². The predicted molar refractivity (Wildman–Crippen MR) is 117 cm³/mol. The number of rotatable bonds is 8. The standard InChI is InChI=1S/C24H29N3O3/c1-17-9-10-19(16-18(17)2)29-15-13-27-21-7-4-3-6-20(21)26-23(27)11-12-25-24(28)22-8-5-14-30-22/h3-4,6-7,9-10,16,22H,5,8,11-15H2,1-2H3,(H,25,28). The average Bonchev–Trinajstić information content (AvgIpc) is 3.39. The van der Waals surface area contributed by atoms with E-state index in [1.807, 2.05) is 24.3 Å². The van der Waals surface area contributed by atoms with Gasteiger partial charge in [-0.3, -0.25) is 4.79 Å². The highest BCUT2D eigenvalue weighted by atomic mass is 16.5. The summed E-state index contributed by atoms with van der Waals surface area (Å²) in [6.45, 7) is 6.66. The lowest BCUT2D eigenvalue weighted by atomic mass is 10.1. The minimum Gasteiger partial charge on any atom is -0.492 e. The van der Waals surface area contributed by atoms with E-state index in [0.717, 1.165) is 35.4 Å². The lowest BCUT2D eigenvalue weighted by Crippen LogP contribution is -2.35. The number of nitrogens with zero attached hydrogens (tertiary/aromatic N) is 2. The van der Waals surface area contributed by atoms with Crippen molar-refractivity contribution in [1.82, 2.24) is 14.9 Å². The number of amides is 1. The van der Waals surface area contributed by atoms with Crippen LogP contribution < -0.4 is 10.1 Å². The molecule has 1 saturated heterocycles. The Kier molecular flexibility index (Phi) is 6.33. The van der Waals surface area contributed by atoms with Gasteiger partial charge in [-0.15, -0.1) is 0 Å². The molecule has 3 aromatic rings. The molecule has 1 N–H and O–H groups in total.